The van der Waals surface area contributed by atoms with Gasteiger partial charge in [-0.25, -0.2) is 4.98 Å². The number of aromatic nitrogens is 1. The molecule has 1 aliphatic carbocycles. The molecule has 1 aliphatic rings. The fourth-order valence-electron chi connectivity index (χ4n) is 1.92. The van der Waals surface area contributed by atoms with Crippen molar-refractivity contribution < 1.29 is 9.53 Å². The topological polar surface area (TPSA) is 51.2 Å². The minimum Gasteiger partial charge on any atom is -0.466 e. The van der Waals surface area contributed by atoms with Crippen molar-refractivity contribution in [1.29, 1.82) is 0 Å². The van der Waals surface area contributed by atoms with Crippen molar-refractivity contribution in [3.63, 3.8) is 0 Å². The average molecular weight is 268 g/mol. The summed E-state index contributed by atoms with van der Waals surface area (Å²) in [5, 5.41) is 6.21. The van der Waals surface area contributed by atoms with Gasteiger partial charge in [-0.3, -0.25) is 4.79 Å². The van der Waals surface area contributed by atoms with Crippen molar-refractivity contribution in [3.05, 3.63) is 11.1 Å². The van der Waals surface area contributed by atoms with E-state index in [1.165, 1.54) is 19.3 Å². The first-order valence-electron chi connectivity index (χ1n) is 6.51. The first kappa shape index (κ1) is 13.3. The molecule has 0 unspecified atom stereocenters. The van der Waals surface area contributed by atoms with Crippen LogP contribution in [0.15, 0.2) is 5.38 Å². The van der Waals surface area contributed by atoms with Crippen molar-refractivity contribution in [2.75, 3.05) is 18.5 Å². The molecule has 0 aliphatic heterocycles. The molecule has 1 aromatic heterocycles. The lowest BCUT2D eigenvalue weighted by molar-refractivity contribution is -0.142. The maximum Gasteiger partial charge on any atom is 0.311 e. The fraction of sp³-hybridized carbons (Fsp3) is 0.692. The van der Waals surface area contributed by atoms with E-state index in [1.807, 2.05) is 12.3 Å². The number of rotatable bonds is 7. The second-order valence-electron chi connectivity index (χ2n) is 4.83. The fourth-order valence-corrected chi connectivity index (χ4v) is 2.63. The summed E-state index contributed by atoms with van der Waals surface area (Å²) in [4.78, 5) is 15.7. The number of carbonyl (C=O) groups excluding carboxylic acids is 1. The number of hydrogen-bond donors (Lipinski definition) is 1. The lowest BCUT2D eigenvalue weighted by Gasteiger charge is -2.12. The number of esters is 1. The van der Waals surface area contributed by atoms with Gasteiger partial charge in [0, 0.05) is 11.9 Å². The molecule has 5 heteroatoms. The van der Waals surface area contributed by atoms with Crippen molar-refractivity contribution in [1.82, 2.24) is 4.98 Å². The molecule has 0 saturated heterocycles. The van der Waals surface area contributed by atoms with Crippen LogP contribution in [0.25, 0.3) is 0 Å². The Kier molecular flexibility index (Phi) is 4.22. The number of hydrogen-bond acceptors (Lipinski definition) is 5. The molecule has 1 aromatic rings. The Labute approximate surface area is 112 Å². The molecule has 100 valence electrons. The molecule has 0 bridgehead atoms. The van der Waals surface area contributed by atoms with Gasteiger partial charge in [0.15, 0.2) is 5.13 Å². The Balaban J connectivity index is 1.80. The van der Waals surface area contributed by atoms with E-state index < -0.39 is 0 Å². The molecule has 0 atom stereocenters. The molecule has 4 nitrogen and oxygen atoms in total. The van der Waals surface area contributed by atoms with Crippen LogP contribution in [-0.4, -0.2) is 24.1 Å². The summed E-state index contributed by atoms with van der Waals surface area (Å²) in [6, 6.07) is 0. The number of carbonyl (C=O) groups is 1. The quantitative estimate of drug-likeness (QED) is 0.773. The van der Waals surface area contributed by atoms with Gasteiger partial charge in [-0.2, -0.15) is 0 Å². The standard InChI is InChI=1S/C13H20N2O2S/c1-3-13(5-6-13)9-14-12-15-10(8-18-12)7-11(16)17-4-2/h8H,3-7,9H2,1-2H3,(H,14,15). The van der Waals surface area contributed by atoms with E-state index in [0.717, 1.165) is 17.4 Å². The van der Waals surface area contributed by atoms with Gasteiger partial charge in [-0.15, -0.1) is 11.3 Å². The highest BCUT2D eigenvalue weighted by molar-refractivity contribution is 7.13. The Morgan fingerprint density at radius 2 is 2.33 bits per heavy atom. The molecular formula is C13H20N2O2S. The van der Waals surface area contributed by atoms with Crippen LogP contribution in [-0.2, 0) is 16.0 Å². The van der Waals surface area contributed by atoms with Gasteiger partial charge in [0.1, 0.15) is 0 Å². The molecule has 1 fully saturated rings. The lowest BCUT2D eigenvalue weighted by atomic mass is 10.0. The maximum absolute atomic E-state index is 11.3. The van der Waals surface area contributed by atoms with Crippen LogP contribution in [0.2, 0.25) is 0 Å². The van der Waals surface area contributed by atoms with Gasteiger partial charge >= 0.3 is 5.97 Å². The first-order valence-corrected chi connectivity index (χ1v) is 7.39. The largest absolute Gasteiger partial charge is 0.466 e. The second-order valence-corrected chi connectivity index (χ2v) is 5.69. The number of nitrogens with one attached hydrogen (secondary N) is 1. The third kappa shape index (κ3) is 3.45. The van der Waals surface area contributed by atoms with Gasteiger partial charge in [-0.1, -0.05) is 6.92 Å². The SMILES string of the molecule is CCOC(=O)Cc1csc(NCC2(CC)CC2)n1. The molecule has 0 aromatic carbocycles. The average Bonchev–Trinajstić information content (AvgIpc) is 3.01. The second kappa shape index (κ2) is 5.69. The summed E-state index contributed by atoms with van der Waals surface area (Å²) in [6.07, 6.45) is 4.13. The lowest BCUT2D eigenvalue weighted by Crippen LogP contribution is -2.14. The predicted octanol–water partition coefficient (Wildman–Crippen LogP) is 2.85. The third-order valence-electron chi connectivity index (χ3n) is 3.50. The number of ether oxygens (including phenoxy) is 1. The van der Waals surface area contributed by atoms with Gasteiger partial charge < -0.3 is 10.1 Å². The van der Waals surface area contributed by atoms with Crippen LogP contribution in [0, 0.1) is 5.41 Å². The Hall–Kier alpha value is -1.10. The van der Waals surface area contributed by atoms with Crippen molar-refractivity contribution >= 4 is 22.4 Å². The van der Waals surface area contributed by atoms with Crippen molar-refractivity contribution in [3.8, 4) is 0 Å². The summed E-state index contributed by atoms with van der Waals surface area (Å²) >= 11 is 1.56. The van der Waals surface area contributed by atoms with E-state index >= 15 is 0 Å². The van der Waals surface area contributed by atoms with Crippen LogP contribution in [0.1, 0.15) is 38.8 Å². The van der Waals surface area contributed by atoms with Crippen LogP contribution < -0.4 is 5.32 Å². The summed E-state index contributed by atoms with van der Waals surface area (Å²) in [5.41, 5.74) is 1.30. The summed E-state index contributed by atoms with van der Waals surface area (Å²) in [7, 11) is 0. The summed E-state index contributed by atoms with van der Waals surface area (Å²) < 4.78 is 4.90. The molecule has 1 heterocycles. The van der Waals surface area contributed by atoms with Crippen molar-refractivity contribution in [2.45, 2.75) is 39.5 Å². The normalized spacial score (nSPS) is 16.3. The van der Waals surface area contributed by atoms with E-state index in [0.29, 0.717) is 12.0 Å². The molecular weight excluding hydrogens is 248 g/mol. The monoisotopic (exact) mass is 268 g/mol. The van der Waals surface area contributed by atoms with Crippen LogP contribution in [0.5, 0.6) is 0 Å². The Bertz CT molecular complexity index is 413. The number of thiazole rings is 1. The van der Waals surface area contributed by atoms with E-state index in [-0.39, 0.29) is 12.4 Å². The number of anilines is 1. The van der Waals surface area contributed by atoms with Gasteiger partial charge in [0.05, 0.1) is 18.7 Å². The highest BCUT2D eigenvalue weighted by atomic mass is 32.1. The molecule has 18 heavy (non-hydrogen) atoms. The minimum atomic E-state index is -0.207. The van der Waals surface area contributed by atoms with E-state index in [2.05, 4.69) is 17.2 Å². The molecule has 0 spiro atoms. The van der Waals surface area contributed by atoms with E-state index in [4.69, 9.17) is 4.74 Å². The van der Waals surface area contributed by atoms with Crippen molar-refractivity contribution in [2.24, 2.45) is 5.41 Å². The zero-order valence-corrected chi connectivity index (χ0v) is 11.8. The Morgan fingerprint density at radius 1 is 1.56 bits per heavy atom. The zero-order chi connectivity index (χ0) is 13.0. The molecule has 0 radical (unpaired) electrons. The molecule has 1 N–H and O–H groups in total. The molecule has 0 amide bonds. The zero-order valence-electron chi connectivity index (χ0n) is 11.0. The van der Waals surface area contributed by atoms with E-state index in [1.54, 1.807) is 11.3 Å². The maximum atomic E-state index is 11.3. The summed E-state index contributed by atoms with van der Waals surface area (Å²) in [6.45, 7) is 5.47. The van der Waals surface area contributed by atoms with Gasteiger partial charge in [0.2, 0.25) is 0 Å². The van der Waals surface area contributed by atoms with E-state index in [9.17, 15) is 4.79 Å². The third-order valence-corrected chi connectivity index (χ3v) is 4.35. The van der Waals surface area contributed by atoms with Crippen LogP contribution in [0.3, 0.4) is 0 Å². The highest BCUT2D eigenvalue weighted by Gasteiger charge is 2.40. The number of nitrogens with zero attached hydrogens (tertiary/aromatic N) is 1. The Morgan fingerprint density at radius 3 is 2.94 bits per heavy atom. The predicted molar refractivity (Wildman–Crippen MR) is 72.9 cm³/mol. The molecule has 1 saturated carbocycles. The summed E-state index contributed by atoms with van der Waals surface area (Å²) in [5.74, 6) is -0.207. The van der Waals surface area contributed by atoms with Crippen LogP contribution in [0.4, 0.5) is 5.13 Å². The first-order chi connectivity index (χ1) is 8.67. The van der Waals surface area contributed by atoms with Crippen LogP contribution >= 0.6 is 11.3 Å². The highest BCUT2D eigenvalue weighted by Crippen LogP contribution is 2.48. The van der Waals surface area contributed by atoms with Gasteiger partial charge in [-0.05, 0) is 31.6 Å². The smallest absolute Gasteiger partial charge is 0.311 e. The molecule has 2 rings (SSSR count). The van der Waals surface area contributed by atoms with Gasteiger partial charge in [0.25, 0.3) is 0 Å². The minimum absolute atomic E-state index is 0.207.